The van der Waals surface area contributed by atoms with Gasteiger partial charge in [0.2, 0.25) is 0 Å². The second-order valence-corrected chi connectivity index (χ2v) is 4.26. The fraction of sp³-hybridized carbons (Fsp3) is 0.700. The lowest BCUT2D eigenvalue weighted by Crippen LogP contribution is -2.26. The minimum atomic E-state index is 0.106. The first-order valence-electron chi connectivity index (χ1n) is 5.32. The molecule has 1 aliphatic heterocycles. The molecule has 84 valence electrons. The molecule has 0 unspecified atom stereocenters. The standard InChI is InChI=1S/C10H18N4O/c1-7(2)13-5-8-9(6-13)14(3-4-15)12-10(8)11/h7,15H,3-6H2,1-2H3,(H2,11,12). The molecule has 0 saturated heterocycles. The highest BCUT2D eigenvalue weighted by Crippen LogP contribution is 2.28. The number of nitrogens with zero attached hydrogens (tertiary/aromatic N) is 3. The van der Waals surface area contributed by atoms with Gasteiger partial charge in [0, 0.05) is 24.7 Å². The average Bonchev–Trinajstić information content (AvgIpc) is 2.70. The Balaban J connectivity index is 2.25. The van der Waals surface area contributed by atoms with Crippen molar-refractivity contribution < 1.29 is 5.11 Å². The van der Waals surface area contributed by atoms with Gasteiger partial charge in [-0.2, -0.15) is 5.10 Å². The molecule has 1 aromatic rings. The van der Waals surface area contributed by atoms with Crippen LogP contribution in [0.2, 0.25) is 0 Å². The van der Waals surface area contributed by atoms with E-state index in [0.29, 0.717) is 18.4 Å². The molecule has 1 aromatic heterocycles. The summed E-state index contributed by atoms with van der Waals surface area (Å²) in [7, 11) is 0. The number of nitrogen functional groups attached to an aromatic ring is 1. The van der Waals surface area contributed by atoms with Crippen molar-refractivity contribution in [3.05, 3.63) is 11.3 Å². The van der Waals surface area contributed by atoms with Gasteiger partial charge in [0.25, 0.3) is 0 Å². The van der Waals surface area contributed by atoms with Crippen molar-refractivity contribution in [3.63, 3.8) is 0 Å². The minimum Gasteiger partial charge on any atom is -0.394 e. The summed E-state index contributed by atoms with van der Waals surface area (Å²) in [5.74, 6) is 0.613. The molecule has 0 bridgehead atoms. The number of fused-ring (bicyclic) bond motifs is 1. The molecule has 3 N–H and O–H groups in total. The Hall–Kier alpha value is -1.07. The maximum absolute atomic E-state index is 8.92. The van der Waals surface area contributed by atoms with Gasteiger partial charge < -0.3 is 10.8 Å². The van der Waals surface area contributed by atoms with E-state index in [4.69, 9.17) is 10.8 Å². The molecule has 1 aliphatic rings. The van der Waals surface area contributed by atoms with Crippen LogP contribution in [0.4, 0.5) is 5.82 Å². The summed E-state index contributed by atoms with van der Waals surface area (Å²) in [6, 6.07) is 0.513. The van der Waals surface area contributed by atoms with Crippen LogP contribution in [0.1, 0.15) is 25.1 Å². The molecule has 0 spiro atoms. The number of rotatable bonds is 3. The van der Waals surface area contributed by atoms with Crippen molar-refractivity contribution >= 4 is 5.82 Å². The first-order chi connectivity index (χ1) is 7.13. The molecule has 0 aromatic carbocycles. The smallest absolute Gasteiger partial charge is 0.150 e. The van der Waals surface area contributed by atoms with Gasteiger partial charge in [-0.3, -0.25) is 9.58 Å². The summed E-state index contributed by atoms with van der Waals surface area (Å²) in [4.78, 5) is 2.34. The lowest BCUT2D eigenvalue weighted by molar-refractivity contribution is 0.218. The van der Waals surface area contributed by atoms with Gasteiger partial charge in [0.05, 0.1) is 18.8 Å². The van der Waals surface area contributed by atoms with Crippen LogP contribution < -0.4 is 5.73 Å². The molecule has 0 saturated carbocycles. The number of anilines is 1. The van der Waals surface area contributed by atoms with E-state index >= 15 is 0 Å². The van der Waals surface area contributed by atoms with Crippen molar-refractivity contribution in [2.75, 3.05) is 12.3 Å². The Bertz CT molecular complexity index is 359. The Labute approximate surface area is 89.5 Å². The Morgan fingerprint density at radius 2 is 2.20 bits per heavy atom. The second kappa shape index (κ2) is 3.83. The molecule has 0 radical (unpaired) electrons. The van der Waals surface area contributed by atoms with Crippen LogP contribution in [-0.2, 0) is 19.6 Å². The summed E-state index contributed by atoms with van der Waals surface area (Å²) in [5.41, 5.74) is 8.14. The zero-order valence-electron chi connectivity index (χ0n) is 9.27. The van der Waals surface area contributed by atoms with Crippen molar-refractivity contribution in [2.45, 2.75) is 39.5 Å². The predicted molar refractivity (Wildman–Crippen MR) is 58.1 cm³/mol. The van der Waals surface area contributed by atoms with Gasteiger partial charge in [-0.15, -0.1) is 0 Å². The lowest BCUT2D eigenvalue weighted by atomic mass is 10.3. The number of aliphatic hydroxyl groups is 1. The SMILES string of the molecule is CC(C)N1Cc2c(N)nn(CCO)c2C1. The van der Waals surface area contributed by atoms with Crippen LogP contribution in [0.15, 0.2) is 0 Å². The molecule has 0 aliphatic carbocycles. The van der Waals surface area contributed by atoms with E-state index in [-0.39, 0.29) is 6.61 Å². The average molecular weight is 210 g/mol. The number of aromatic nitrogens is 2. The van der Waals surface area contributed by atoms with E-state index in [1.165, 1.54) is 0 Å². The zero-order chi connectivity index (χ0) is 11.0. The van der Waals surface area contributed by atoms with Crippen LogP contribution >= 0.6 is 0 Å². The Morgan fingerprint density at radius 3 is 2.80 bits per heavy atom. The summed E-state index contributed by atoms with van der Waals surface area (Å²) < 4.78 is 1.83. The third-order valence-corrected chi connectivity index (χ3v) is 2.95. The van der Waals surface area contributed by atoms with Crippen LogP contribution in [-0.4, -0.2) is 32.4 Å². The maximum Gasteiger partial charge on any atom is 0.150 e. The zero-order valence-corrected chi connectivity index (χ0v) is 9.27. The predicted octanol–water partition coefficient (Wildman–Crippen LogP) is 0.182. The largest absolute Gasteiger partial charge is 0.394 e. The molecule has 2 heterocycles. The molecule has 0 atom stereocenters. The van der Waals surface area contributed by atoms with E-state index in [1.54, 1.807) is 0 Å². The summed E-state index contributed by atoms with van der Waals surface area (Å²) in [6.07, 6.45) is 0. The van der Waals surface area contributed by atoms with E-state index in [1.807, 2.05) is 4.68 Å². The Kier molecular flexibility index (Phi) is 2.67. The van der Waals surface area contributed by atoms with Crippen molar-refractivity contribution in [2.24, 2.45) is 0 Å². The molecule has 0 amide bonds. The van der Waals surface area contributed by atoms with E-state index < -0.39 is 0 Å². The molecular formula is C10H18N4O. The van der Waals surface area contributed by atoms with Crippen LogP contribution in [0.3, 0.4) is 0 Å². The summed E-state index contributed by atoms with van der Waals surface area (Å²) in [6.45, 7) is 6.75. The van der Waals surface area contributed by atoms with E-state index in [9.17, 15) is 0 Å². The van der Waals surface area contributed by atoms with E-state index in [2.05, 4.69) is 23.8 Å². The second-order valence-electron chi connectivity index (χ2n) is 4.26. The molecule has 0 fully saturated rings. The van der Waals surface area contributed by atoms with Crippen LogP contribution in [0.25, 0.3) is 0 Å². The molecule has 5 heteroatoms. The van der Waals surface area contributed by atoms with Gasteiger partial charge in [0.1, 0.15) is 5.82 Å². The molecule has 5 nitrogen and oxygen atoms in total. The van der Waals surface area contributed by atoms with Crippen molar-refractivity contribution in [3.8, 4) is 0 Å². The topological polar surface area (TPSA) is 67.3 Å². The normalized spacial score (nSPS) is 16.3. The van der Waals surface area contributed by atoms with Gasteiger partial charge in [-0.05, 0) is 13.8 Å². The quantitative estimate of drug-likeness (QED) is 0.747. The monoisotopic (exact) mass is 210 g/mol. The molecule has 15 heavy (non-hydrogen) atoms. The summed E-state index contributed by atoms with van der Waals surface area (Å²) in [5, 5.41) is 13.1. The first-order valence-corrected chi connectivity index (χ1v) is 5.32. The molecule has 2 rings (SSSR count). The Morgan fingerprint density at radius 1 is 1.47 bits per heavy atom. The molecular weight excluding hydrogens is 192 g/mol. The van der Waals surface area contributed by atoms with Gasteiger partial charge in [0.15, 0.2) is 0 Å². The maximum atomic E-state index is 8.92. The van der Waals surface area contributed by atoms with Gasteiger partial charge in [-0.25, -0.2) is 0 Å². The lowest BCUT2D eigenvalue weighted by Gasteiger charge is -2.19. The van der Waals surface area contributed by atoms with Crippen molar-refractivity contribution in [1.29, 1.82) is 0 Å². The van der Waals surface area contributed by atoms with Gasteiger partial charge in [-0.1, -0.05) is 0 Å². The first kappa shape index (κ1) is 10.4. The number of hydrogen-bond acceptors (Lipinski definition) is 4. The highest BCUT2D eigenvalue weighted by Gasteiger charge is 2.27. The fourth-order valence-electron chi connectivity index (χ4n) is 2.00. The van der Waals surface area contributed by atoms with Crippen LogP contribution in [0.5, 0.6) is 0 Å². The minimum absolute atomic E-state index is 0.106. The number of nitrogens with two attached hydrogens (primary N) is 1. The van der Waals surface area contributed by atoms with Crippen molar-refractivity contribution in [1.82, 2.24) is 14.7 Å². The fourth-order valence-corrected chi connectivity index (χ4v) is 2.00. The van der Waals surface area contributed by atoms with Crippen LogP contribution in [0, 0.1) is 0 Å². The van der Waals surface area contributed by atoms with Gasteiger partial charge >= 0.3 is 0 Å². The number of hydrogen-bond donors (Lipinski definition) is 2. The van der Waals surface area contributed by atoms with E-state index in [0.717, 1.165) is 24.3 Å². The summed E-state index contributed by atoms with van der Waals surface area (Å²) >= 11 is 0. The highest BCUT2D eigenvalue weighted by atomic mass is 16.3. The highest BCUT2D eigenvalue weighted by molar-refractivity contribution is 5.44. The third kappa shape index (κ3) is 1.72. The third-order valence-electron chi connectivity index (χ3n) is 2.95. The number of aliphatic hydroxyl groups excluding tert-OH is 1.